The molecule has 2 aromatic carbocycles. The number of thiol groups is 1. The third-order valence-corrected chi connectivity index (χ3v) is 2.93. The van der Waals surface area contributed by atoms with E-state index in [-0.39, 0.29) is 0 Å². The molecular formula is C13H14S. The molecule has 0 unspecified atom stereocenters. The number of benzene rings is 2. The van der Waals surface area contributed by atoms with Crippen molar-refractivity contribution in [2.45, 2.75) is 19.1 Å². The van der Waals surface area contributed by atoms with Gasteiger partial charge in [0.05, 0.1) is 0 Å². The molecule has 2 rings (SSSR count). The van der Waals surface area contributed by atoms with Crippen molar-refractivity contribution < 1.29 is 0 Å². The van der Waals surface area contributed by atoms with Crippen molar-refractivity contribution in [3.8, 4) is 0 Å². The first-order chi connectivity index (χ1) is 6.83. The second-order valence-electron chi connectivity index (χ2n) is 3.53. The fourth-order valence-corrected chi connectivity index (χ4v) is 1.86. The molecule has 2 aromatic rings. The first-order valence-corrected chi connectivity index (χ1v) is 5.59. The zero-order valence-corrected chi connectivity index (χ0v) is 9.22. The summed E-state index contributed by atoms with van der Waals surface area (Å²) in [4.78, 5) is 0. The van der Waals surface area contributed by atoms with Gasteiger partial charge in [0.1, 0.15) is 0 Å². The van der Waals surface area contributed by atoms with Crippen LogP contribution >= 0.6 is 12.6 Å². The van der Waals surface area contributed by atoms with E-state index in [1.807, 2.05) is 0 Å². The van der Waals surface area contributed by atoms with Crippen molar-refractivity contribution in [3.63, 3.8) is 0 Å². The Balaban J connectivity index is 2.57. The second-order valence-corrected chi connectivity index (χ2v) is 3.84. The molecule has 0 fully saturated rings. The number of hydrogen-bond donors (Lipinski definition) is 1. The van der Waals surface area contributed by atoms with Crippen LogP contribution in [0, 0.1) is 0 Å². The van der Waals surface area contributed by atoms with Crippen molar-refractivity contribution in [2.75, 3.05) is 0 Å². The number of fused-ring (bicyclic) bond motifs is 1. The van der Waals surface area contributed by atoms with E-state index in [0.717, 1.165) is 12.2 Å². The van der Waals surface area contributed by atoms with Crippen LogP contribution in [0.15, 0.2) is 36.4 Å². The Morgan fingerprint density at radius 3 is 2.07 bits per heavy atom. The van der Waals surface area contributed by atoms with Crippen LogP contribution in [0.25, 0.3) is 10.8 Å². The van der Waals surface area contributed by atoms with Crippen molar-refractivity contribution in [2.24, 2.45) is 0 Å². The van der Waals surface area contributed by atoms with Gasteiger partial charge in [0.25, 0.3) is 0 Å². The van der Waals surface area contributed by atoms with Gasteiger partial charge in [-0.25, -0.2) is 0 Å². The molecule has 0 radical (unpaired) electrons. The summed E-state index contributed by atoms with van der Waals surface area (Å²) >= 11 is 4.27. The highest BCUT2D eigenvalue weighted by molar-refractivity contribution is 7.79. The van der Waals surface area contributed by atoms with Gasteiger partial charge in [0.2, 0.25) is 0 Å². The average Bonchev–Trinajstić information content (AvgIpc) is 2.27. The topological polar surface area (TPSA) is 0 Å². The Hall–Kier alpha value is -0.950. The summed E-state index contributed by atoms with van der Waals surface area (Å²) in [5.74, 6) is 0.811. The first-order valence-electron chi connectivity index (χ1n) is 4.96. The lowest BCUT2D eigenvalue weighted by atomic mass is 10.0. The molecule has 0 spiro atoms. The zero-order valence-electron chi connectivity index (χ0n) is 8.33. The van der Waals surface area contributed by atoms with E-state index in [0.29, 0.717) is 0 Å². The maximum absolute atomic E-state index is 4.27. The smallest absolute Gasteiger partial charge is 0.0154 e. The Bertz CT molecular complexity index is 403. The molecule has 0 aliphatic heterocycles. The van der Waals surface area contributed by atoms with Gasteiger partial charge in [-0.05, 0) is 28.3 Å². The van der Waals surface area contributed by atoms with Crippen LogP contribution in [0.2, 0.25) is 0 Å². The lowest BCUT2D eigenvalue weighted by Gasteiger charge is -2.03. The highest BCUT2D eigenvalue weighted by Gasteiger charge is 1.96. The third-order valence-electron chi connectivity index (χ3n) is 2.56. The van der Waals surface area contributed by atoms with Gasteiger partial charge in [-0.15, -0.1) is 0 Å². The Kier molecular flexibility index (Phi) is 2.78. The summed E-state index contributed by atoms with van der Waals surface area (Å²) in [6.45, 7) is 2.18. The van der Waals surface area contributed by atoms with E-state index < -0.39 is 0 Å². The zero-order chi connectivity index (χ0) is 9.97. The van der Waals surface area contributed by atoms with Crippen LogP contribution < -0.4 is 0 Å². The van der Waals surface area contributed by atoms with Crippen LogP contribution in [0.4, 0.5) is 0 Å². The summed E-state index contributed by atoms with van der Waals surface area (Å²) in [5, 5.41) is 2.64. The van der Waals surface area contributed by atoms with Gasteiger partial charge in [0.15, 0.2) is 0 Å². The molecular weight excluding hydrogens is 188 g/mol. The summed E-state index contributed by atoms with van der Waals surface area (Å²) < 4.78 is 0. The molecule has 0 N–H and O–H groups in total. The van der Waals surface area contributed by atoms with Crippen molar-refractivity contribution in [1.82, 2.24) is 0 Å². The standard InChI is InChI=1S/C13H14S/c1-2-10-3-5-13-8-11(9-14)4-6-12(13)7-10/h3-8,14H,2,9H2,1H3. The van der Waals surface area contributed by atoms with Gasteiger partial charge in [0, 0.05) is 5.75 Å². The predicted molar refractivity (Wildman–Crippen MR) is 66.0 cm³/mol. The van der Waals surface area contributed by atoms with Crippen molar-refractivity contribution in [3.05, 3.63) is 47.5 Å². The molecule has 1 heteroatoms. The minimum absolute atomic E-state index is 0.811. The van der Waals surface area contributed by atoms with E-state index in [1.165, 1.54) is 21.9 Å². The van der Waals surface area contributed by atoms with Gasteiger partial charge in [-0.3, -0.25) is 0 Å². The summed E-state index contributed by atoms with van der Waals surface area (Å²) in [6.07, 6.45) is 1.10. The maximum Gasteiger partial charge on any atom is 0.0154 e. The molecule has 0 nitrogen and oxygen atoms in total. The summed E-state index contributed by atoms with van der Waals surface area (Å²) in [7, 11) is 0. The van der Waals surface area contributed by atoms with Gasteiger partial charge < -0.3 is 0 Å². The van der Waals surface area contributed by atoms with Crippen molar-refractivity contribution >= 4 is 23.4 Å². The minimum atomic E-state index is 0.811. The highest BCUT2D eigenvalue weighted by atomic mass is 32.1. The molecule has 0 saturated heterocycles. The van der Waals surface area contributed by atoms with E-state index in [9.17, 15) is 0 Å². The highest BCUT2D eigenvalue weighted by Crippen LogP contribution is 2.19. The average molecular weight is 202 g/mol. The fraction of sp³-hybridized carbons (Fsp3) is 0.231. The monoisotopic (exact) mass is 202 g/mol. The predicted octanol–water partition coefficient (Wildman–Crippen LogP) is 3.83. The van der Waals surface area contributed by atoms with Gasteiger partial charge >= 0.3 is 0 Å². The molecule has 0 bridgehead atoms. The Labute approximate surface area is 90.4 Å². The number of rotatable bonds is 2. The Morgan fingerprint density at radius 2 is 1.50 bits per heavy atom. The lowest BCUT2D eigenvalue weighted by Crippen LogP contribution is -1.82. The lowest BCUT2D eigenvalue weighted by molar-refractivity contribution is 1.15. The van der Waals surface area contributed by atoms with Crippen molar-refractivity contribution in [1.29, 1.82) is 0 Å². The molecule has 14 heavy (non-hydrogen) atoms. The van der Waals surface area contributed by atoms with E-state index in [1.54, 1.807) is 0 Å². The van der Waals surface area contributed by atoms with E-state index >= 15 is 0 Å². The quantitative estimate of drug-likeness (QED) is 0.703. The van der Waals surface area contributed by atoms with Gasteiger partial charge in [-0.1, -0.05) is 43.3 Å². The molecule has 0 aliphatic rings. The summed E-state index contributed by atoms with van der Waals surface area (Å²) in [5.41, 5.74) is 2.68. The minimum Gasteiger partial charge on any atom is -0.175 e. The fourth-order valence-electron chi connectivity index (χ4n) is 1.66. The Morgan fingerprint density at radius 1 is 0.929 bits per heavy atom. The molecule has 0 amide bonds. The molecule has 72 valence electrons. The maximum atomic E-state index is 4.27. The molecule has 0 aromatic heterocycles. The van der Waals surface area contributed by atoms with Gasteiger partial charge in [-0.2, -0.15) is 12.6 Å². The van der Waals surface area contributed by atoms with E-state index in [2.05, 4.69) is 56.0 Å². The second kappa shape index (κ2) is 4.05. The first kappa shape index (κ1) is 9.60. The van der Waals surface area contributed by atoms with E-state index in [4.69, 9.17) is 0 Å². The normalized spacial score (nSPS) is 10.7. The van der Waals surface area contributed by atoms with Crippen LogP contribution in [0.5, 0.6) is 0 Å². The third kappa shape index (κ3) is 1.78. The largest absolute Gasteiger partial charge is 0.175 e. The number of aryl methyl sites for hydroxylation is 1. The molecule has 0 heterocycles. The van der Waals surface area contributed by atoms with Crippen LogP contribution in [-0.4, -0.2) is 0 Å². The molecule has 0 saturated carbocycles. The van der Waals surface area contributed by atoms with Crippen LogP contribution in [0.3, 0.4) is 0 Å². The SMILES string of the molecule is CCc1ccc2cc(CS)ccc2c1. The molecule has 0 aliphatic carbocycles. The van der Waals surface area contributed by atoms with Crippen LogP contribution in [0.1, 0.15) is 18.1 Å². The summed E-state index contributed by atoms with van der Waals surface area (Å²) in [6, 6.07) is 13.2. The molecule has 0 atom stereocenters. The van der Waals surface area contributed by atoms with Crippen LogP contribution in [-0.2, 0) is 12.2 Å². The number of hydrogen-bond acceptors (Lipinski definition) is 1.